The normalized spacial score (nSPS) is 13.7. The van der Waals surface area contributed by atoms with E-state index in [1.54, 1.807) is 12.3 Å². The van der Waals surface area contributed by atoms with E-state index in [2.05, 4.69) is 20.2 Å². The number of thiazole rings is 1. The van der Waals surface area contributed by atoms with Crippen LogP contribution in [0.2, 0.25) is 0 Å². The Morgan fingerprint density at radius 3 is 2.55 bits per heavy atom. The van der Waals surface area contributed by atoms with Crippen molar-refractivity contribution in [3.8, 4) is 22.0 Å². The molecule has 0 radical (unpaired) electrons. The molecular weight excluding hydrogens is 520 g/mol. The number of hydrogen-bond acceptors (Lipinski definition) is 8. The number of carbonyl (C=O) groups excluding carboxylic acids is 1. The molecule has 5 aromatic rings. The van der Waals surface area contributed by atoms with Crippen LogP contribution in [0.3, 0.4) is 0 Å². The van der Waals surface area contributed by atoms with Crippen molar-refractivity contribution in [3.05, 3.63) is 90.4 Å². The maximum atomic E-state index is 13.5. The fraction of sp³-hybridized carbons (Fsp3) is 0.179. The molecule has 1 saturated heterocycles. The number of rotatable bonds is 6. The summed E-state index contributed by atoms with van der Waals surface area (Å²) in [5, 5.41) is 3.86. The topological polar surface area (TPSA) is 93.1 Å². The number of nitrogens with zero attached hydrogens (tertiary/aromatic N) is 5. The van der Waals surface area contributed by atoms with E-state index in [9.17, 15) is 4.79 Å². The number of pyridine rings is 1. The molecule has 0 spiro atoms. The third-order valence-electron chi connectivity index (χ3n) is 6.11. The fourth-order valence-electron chi connectivity index (χ4n) is 4.25. The summed E-state index contributed by atoms with van der Waals surface area (Å²) in [6, 6.07) is 23.0. The van der Waals surface area contributed by atoms with Gasteiger partial charge in [-0.2, -0.15) is 0 Å². The van der Waals surface area contributed by atoms with E-state index >= 15 is 0 Å². The molecule has 192 valence electrons. The zero-order valence-corrected chi connectivity index (χ0v) is 22.0. The second-order valence-electron chi connectivity index (χ2n) is 8.67. The molecule has 38 heavy (non-hydrogen) atoms. The first kappa shape index (κ1) is 25.9. The molecule has 1 fully saturated rings. The SMILES string of the molecule is Cl.O=C(Nc1ccccc1-c1nc2cccnc2s1)c1cc(CN2CCOCC2)nc(-c2ccccc2)n1. The van der Waals surface area contributed by atoms with E-state index < -0.39 is 0 Å². The number of amides is 1. The fourth-order valence-corrected chi connectivity index (χ4v) is 5.20. The van der Waals surface area contributed by atoms with Crippen molar-refractivity contribution in [2.75, 3.05) is 31.6 Å². The lowest BCUT2D eigenvalue weighted by molar-refractivity contribution is 0.0336. The van der Waals surface area contributed by atoms with Gasteiger partial charge in [0.1, 0.15) is 21.0 Å². The summed E-state index contributed by atoms with van der Waals surface area (Å²) < 4.78 is 5.48. The van der Waals surface area contributed by atoms with Crippen LogP contribution in [0.25, 0.3) is 32.3 Å². The second-order valence-corrected chi connectivity index (χ2v) is 9.65. The molecule has 10 heteroatoms. The second kappa shape index (κ2) is 11.7. The quantitative estimate of drug-likeness (QED) is 0.309. The predicted molar refractivity (Wildman–Crippen MR) is 152 cm³/mol. The Morgan fingerprint density at radius 2 is 1.74 bits per heavy atom. The summed E-state index contributed by atoms with van der Waals surface area (Å²) in [6.07, 6.45) is 1.76. The molecule has 8 nitrogen and oxygen atoms in total. The lowest BCUT2D eigenvalue weighted by atomic mass is 10.1. The van der Waals surface area contributed by atoms with Gasteiger partial charge in [-0.3, -0.25) is 9.69 Å². The van der Waals surface area contributed by atoms with Crippen LogP contribution in [0.15, 0.2) is 79.0 Å². The van der Waals surface area contributed by atoms with Crippen LogP contribution >= 0.6 is 23.7 Å². The summed E-state index contributed by atoms with van der Waals surface area (Å²) in [4.78, 5) is 35.2. The van der Waals surface area contributed by atoms with Crippen molar-refractivity contribution in [1.29, 1.82) is 0 Å². The molecule has 0 unspecified atom stereocenters. The third kappa shape index (κ3) is 5.71. The number of morpholine rings is 1. The Hall–Kier alpha value is -3.76. The highest BCUT2D eigenvalue weighted by molar-refractivity contribution is 7.21. The number of hydrogen-bond donors (Lipinski definition) is 1. The van der Waals surface area contributed by atoms with Gasteiger partial charge in [0.2, 0.25) is 0 Å². The van der Waals surface area contributed by atoms with E-state index in [0.29, 0.717) is 37.0 Å². The first-order valence-corrected chi connectivity index (χ1v) is 12.9. The van der Waals surface area contributed by atoms with Crippen molar-refractivity contribution in [1.82, 2.24) is 24.8 Å². The van der Waals surface area contributed by atoms with Crippen molar-refractivity contribution in [3.63, 3.8) is 0 Å². The molecule has 0 bridgehead atoms. The molecule has 1 aliphatic heterocycles. The highest BCUT2D eigenvalue weighted by Gasteiger charge is 2.19. The number of anilines is 1. The van der Waals surface area contributed by atoms with Crippen molar-refractivity contribution < 1.29 is 9.53 Å². The van der Waals surface area contributed by atoms with Crippen LogP contribution in [-0.2, 0) is 11.3 Å². The summed E-state index contributed by atoms with van der Waals surface area (Å²) >= 11 is 1.49. The number of fused-ring (bicyclic) bond motifs is 1. The highest BCUT2D eigenvalue weighted by atomic mass is 35.5. The molecule has 1 N–H and O–H groups in total. The monoisotopic (exact) mass is 544 g/mol. The molecular formula is C28H25ClN6O2S. The Labute approximate surface area is 230 Å². The molecule has 6 rings (SSSR count). The van der Waals surface area contributed by atoms with E-state index in [-0.39, 0.29) is 18.3 Å². The van der Waals surface area contributed by atoms with Gasteiger partial charge >= 0.3 is 0 Å². The van der Waals surface area contributed by atoms with Gasteiger partial charge in [0.15, 0.2) is 5.82 Å². The average molecular weight is 545 g/mol. The number of para-hydroxylation sites is 1. The smallest absolute Gasteiger partial charge is 0.274 e. The van der Waals surface area contributed by atoms with Gasteiger partial charge in [0, 0.05) is 37.0 Å². The Bertz CT molecular complexity index is 1520. The number of aromatic nitrogens is 4. The minimum absolute atomic E-state index is 0. The molecule has 4 heterocycles. The van der Waals surface area contributed by atoms with Gasteiger partial charge in [-0.1, -0.05) is 53.8 Å². The van der Waals surface area contributed by atoms with Gasteiger partial charge in [-0.15, -0.1) is 12.4 Å². The van der Waals surface area contributed by atoms with Crippen molar-refractivity contribution in [2.24, 2.45) is 0 Å². The summed E-state index contributed by atoms with van der Waals surface area (Å²) in [5.41, 5.74) is 4.32. The maximum Gasteiger partial charge on any atom is 0.274 e. The van der Waals surface area contributed by atoms with Crippen LogP contribution in [-0.4, -0.2) is 57.0 Å². The lowest BCUT2D eigenvalue weighted by Gasteiger charge is -2.26. The largest absolute Gasteiger partial charge is 0.379 e. The lowest BCUT2D eigenvalue weighted by Crippen LogP contribution is -2.36. The number of benzene rings is 2. The molecule has 0 saturated carbocycles. The molecule has 2 aromatic carbocycles. The minimum atomic E-state index is -0.297. The highest BCUT2D eigenvalue weighted by Crippen LogP contribution is 2.33. The molecule has 1 amide bonds. The van der Waals surface area contributed by atoms with Gasteiger partial charge in [-0.25, -0.2) is 19.9 Å². The Balaban J connectivity index is 0.00000294. The number of ether oxygens (including phenoxy) is 1. The zero-order valence-electron chi connectivity index (χ0n) is 20.4. The number of carbonyl (C=O) groups is 1. The molecule has 3 aromatic heterocycles. The predicted octanol–water partition coefficient (Wildman–Crippen LogP) is 5.32. The van der Waals surface area contributed by atoms with Crippen LogP contribution in [0.5, 0.6) is 0 Å². The third-order valence-corrected chi connectivity index (χ3v) is 7.12. The van der Waals surface area contributed by atoms with Gasteiger partial charge in [0.25, 0.3) is 5.91 Å². The van der Waals surface area contributed by atoms with Crippen LogP contribution < -0.4 is 5.32 Å². The van der Waals surface area contributed by atoms with Gasteiger partial charge in [0.05, 0.1) is 24.6 Å². The number of nitrogens with one attached hydrogen (secondary N) is 1. The van der Waals surface area contributed by atoms with E-state index in [1.807, 2.05) is 66.7 Å². The van der Waals surface area contributed by atoms with Crippen molar-refractivity contribution in [2.45, 2.75) is 6.54 Å². The zero-order chi connectivity index (χ0) is 25.0. The molecule has 0 atom stereocenters. The summed E-state index contributed by atoms with van der Waals surface area (Å²) in [7, 11) is 0. The van der Waals surface area contributed by atoms with Gasteiger partial charge < -0.3 is 10.1 Å². The summed E-state index contributed by atoms with van der Waals surface area (Å²) in [6.45, 7) is 3.68. The van der Waals surface area contributed by atoms with Crippen LogP contribution in [0, 0.1) is 0 Å². The van der Waals surface area contributed by atoms with E-state index in [0.717, 1.165) is 45.3 Å². The van der Waals surface area contributed by atoms with Crippen LogP contribution in [0.1, 0.15) is 16.2 Å². The average Bonchev–Trinajstić information content (AvgIpc) is 3.38. The minimum Gasteiger partial charge on any atom is -0.379 e. The van der Waals surface area contributed by atoms with E-state index in [4.69, 9.17) is 14.7 Å². The maximum absolute atomic E-state index is 13.5. The summed E-state index contributed by atoms with van der Waals surface area (Å²) in [5.74, 6) is 0.233. The van der Waals surface area contributed by atoms with Crippen molar-refractivity contribution >= 4 is 45.7 Å². The number of halogens is 1. The Kier molecular flexibility index (Phi) is 8.00. The molecule has 0 aliphatic carbocycles. The van der Waals surface area contributed by atoms with Crippen LogP contribution in [0.4, 0.5) is 5.69 Å². The van der Waals surface area contributed by atoms with Gasteiger partial charge in [-0.05, 0) is 30.3 Å². The standard InChI is InChI=1S/C28H24N6O2S.ClH/c35-26(32-22-10-5-4-9-21(22)27-33-23-11-6-12-29-28(23)37-27)24-17-20(18-34-13-15-36-16-14-34)30-25(31-24)19-7-2-1-3-8-19;/h1-12,17H,13-16,18H2,(H,32,35);1H. The van der Waals surface area contributed by atoms with E-state index in [1.165, 1.54) is 11.3 Å². The first-order chi connectivity index (χ1) is 18.2. The Morgan fingerprint density at radius 1 is 0.947 bits per heavy atom. The molecule has 1 aliphatic rings. The first-order valence-electron chi connectivity index (χ1n) is 12.1.